The summed E-state index contributed by atoms with van der Waals surface area (Å²) < 4.78 is 15.4. The largest absolute Gasteiger partial charge is 0.312 e. The summed E-state index contributed by atoms with van der Waals surface area (Å²) in [5.41, 5.74) is 1.81. The first-order chi connectivity index (χ1) is 12.1. The molecule has 0 bridgehead atoms. The van der Waals surface area contributed by atoms with E-state index in [0.29, 0.717) is 12.4 Å². The van der Waals surface area contributed by atoms with Crippen molar-refractivity contribution >= 4 is 18.0 Å². The van der Waals surface area contributed by atoms with Gasteiger partial charge in [-0.1, -0.05) is 37.7 Å². The van der Waals surface area contributed by atoms with Crippen LogP contribution in [0.1, 0.15) is 41.6 Å². The first-order valence-corrected chi connectivity index (χ1v) is 8.78. The average molecular weight is 355 g/mol. The summed E-state index contributed by atoms with van der Waals surface area (Å²) in [5.74, 6) is 0.224. The van der Waals surface area contributed by atoms with Crippen LogP contribution in [0.5, 0.6) is 0 Å². The predicted molar refractivity (Wildman–Crippen MR) is 95.6 cm³/mol. The second-order valence-corrected chi connectivity index (χ2v) is 7.00. The maximum atomic E-state index is 13.5. The lowest BCUT2D eigenvalue weighted by Gasteiger charge is -2.12. The van der Waals surface area contributed by atoms with Crippen molar-refractivity contribution in [3.63, 3.8) is 0 Å². The maximum absolute atomic E-state index is 13.5. The first kappa shape index (κ1) is 17.4. The summed E-state index contributed by atoms with van der Waals surface area (Å²) in [6, 6.07) is 10.2. The highest BCUT2D eigenvalue weighted by atomic mass is 32.2. The van der Waals surface area contributed by atoms with E-state index in [-0.39, 0.29) is 11.7 Å². The molecule has 0 saturated heterocycles. The topological polar surface area (TPSA) is 47.8 Å². The molecule has 25 heavy (non-hydrogen) atoms. The van der Waals surface area contributed by atoms with Crippen molar-refractivity contribution in [3.05, 3.63) is 71.7 Å². The number of rotatable bonds is 6. The summed E-state index contributed by atoms with van der Waals surface area (Å²) in [6.45, 7) is 4.54. The van der Waals surface area contributed by atoms with Crippen molar-refractivity contribution in [1.82, 2.24) is 14.5 Å². The fourth-order valence-corrected chi connectivity index (χ4v) is 3.71. The van der Waals surface area contributed by atoms with Crippen LogP contribution in [0.3, 0.4) is 0 Å². The quantitative estimate of drug-likeness (QED) is 0.609. The maximum Gasteiger partial charge on any atom is 0.185 e. The number of carbonyl (C=O) groups excluding carboxylic acids is 1. The number of imidazole rings is 1. The summed E-state index contributed by atoms with van der Waals surface area (Å²) in [7, 11) is 0. The van der Waals surface area contributed by atoms with E-state index >= 15 is 0 Å². The van der Waals surface area contributed by atoms with Gasteiger partial charge in [0.25, 0.3) is 0 Å². The van der Waals surface area contributed by atoms with E-state index in [9.17, 15) is 9.18 Å². The van der Waals surface area contributed by atoms with Gasteiger partial charge < -0.3 is 4.57 Å². The Morgan fingerprint density at radius 2 is 2.12 bits per heavy atom. The van der Waals surface area contributed by atoms with Crippen molar-refractivity contribution in [1.29, 1.82) is 0 Å². The molecule has 0 fully saturated rings. The highest BCUT2D eigenvalue weighted by molar-refractivity contribution is 7.99. The van der Waals surface area contributed by atoms with Gasteiger partial charge in [-0.15, -0.1) is 0 Å². The van der Waals surface area contributed by atoms with Gasteiger partial charge in [0.2, 0.25) is 0 Å². The van der Waals surface area contributed by atoms with Gasteiger partial charge in [0.15, 0.2) is 12.1 Å². The number of carbonyl (C=O) groups is 1. The van der Waals surface area contributed by atoms with E-state index in [1.54, 1.807) is 18.5 Å². The van der Waals surface area contributed by atoms with Crippen LogP contribution in [0.4, 0.5) is 4.39 Å². The standard InChI is InChI=1S/C19H18FN3OS/c1-13(2)18-19(25-16-7-3-6-15(20)9-16)23(17(12-24)22-18)11-14-5-4-8-21-10-14/h3-10,12-13H,11H2,1-2H3. The zero-order valence-corrected chi connectivity index (χ0v) is 14.8. The smallest absolute Gasteiger partial charge is 0.185 e. The highest BCUT2D eigenvalue weighted by Gasteiger charge is 2.20. The van der Waals surface area contributed by atoms with Crippen molar-refractivity contribution < 1.29 is 9.18 Å². The fourth-order valence-electron chi connectivity index (χ4n) is 2.52. The Morgan fingerprint density at radius 3 is 2.76 bits per heavy atom. The zero-order chi connectivity index (χ0) is 17.8. The Kier molecular flexibility index (Phi) is 5.28. The Morgan fingerprint density at radius 1 is 1.28 bits per heavy atom. The number of halogens is 1. The number of pyridine rings is 1. The van der Waals surface area contributed by atoms with E-state index in [4.69, 9.17) is 0 Å². The van der Waals surface area contributed by atoms with E-state index in [1.165, 1.54) is 23.9 Å². The van der Waals surface area contributed by atoms with Crippen molar-refractivity contribution in [2.45, 2.75) is 36.2 Å². The van der Waals surface area contributed by atoms with Crippen LogP contribution in [0.15, 0.2) is 58.7 Å². The van der Waals surface area contributed by atoms with E-state index in [0.717, 1.165) is 27.5 Å². The van der Waals surface area contributed by atoms with Crippen LogP contribution in [0.25, 0.3) is 0 Å². The number of aromatic nitrogens is 3. The van der Waals surface area contributed by atoms with Crippen LogP contribution in [0.2, 0.25) is 0 Å². The van der Waals surface area contributed by atoms with Crippen LogP contribution >= 0.6 is 11.8 Å². The van der Waals surface area contributed by atoms with Crippen LogP contribution in [0, 0.1) is 5.82 Å². The Hall–Kier alpha value is -2.47. The number of hydrogen-bond donors (Lipinski definition) is 0. The molecule has 2 aromatic heterocycles. The Labute approximate surface area is 150 Å². The Balaban J connectivity index is 2.06. The third kappa shape index (κ3) is 3.96. The van der Waals surface area contributed by atoms with E-state index < -0.39 is 0 Å². The van der Waals surface area contributed by atoms with E-state index in [1.807, 2.05) is 36.6 Å². The molecule has 2 heterocycles. The average Bonchev–Trinajstić information content (AvgIpc) is 2.94. The Bertz CT molecular complexity index is 878. The molecular formula is C19H18FN3OS. The van der Waals surface area contributed by atoms with Crippen LogP contribution < -0.4 is 0 Å². The second-order valence-electron chi connectivity index (χ2n) is 5.94. The SMILES string of the molecule is CC(C)c1nc(C=O)n(Cc2cccnc2)c1Sc1cccc(F)c1. The predicted octanol–water partition coefficient (Wildman–Crippen LogP) is 4.55. The summed E-state index contributed by atoms with van der Waals surface area (Å²) in [5, 5.41) is 0.853. The molecule has 4 nitrogen and oxygen atoms in total. The third-order valence-electron chi connectivity index (χ3n) is 3.70. The van der Waals surface area contributed by atoms with Crippen molar-refractivity contribution in [2.75, 3.05) is 0 Å². The molecule has 0 spiro atoms. The summed E-state index contributed by atoms with van der Waals surface area (Å²) in [4.78, 5) is 20.9. The molecule has 6 heteroatoms. The van der Waals surface area contributed by atoms with Gasteiger partial charge in [0, 0.05) is 17.3 Å². The lowest BCUT2D eigenvalue weighted by atomic mass is 10.1. The van der Waals surface area contributed by atoms with Crippen molar-refractivity contribution in [2.24, 2.45) is 0 Å². The van der Waals surface area contributed by atoms with Gasteiger partial charge in [0.05, 0.1) is 12.2 Å². The third-order valence-corrected chi connectivity index (χ3v) is 4.81. The number of hydrogen-bond acceptors (Lipinski definition) is 4. The molecule has 0 saturated carbocycles. The lowest BCUT2D eigenvalue weighted by molar-refractivity contribution is 0.111. The van der Waals surface area contributed by atoms with E-state index in [2.05, 4.69) is 9.97 Å². The van der Waals surface area contributed by atoms with Crippen LogP contribution in [-0.2, 0) is 6.54 Å². The molecular weight excluding hydrogens is 337 g/mol. The minimum atomic E-state index is -0.287. The molecule has 128 valence electrons. The van der Waals surface area contributed by atoms with Gasteiger partial charge in [-0.3, -0.25) is 9.78 Å². The second kappa shape index (κ2) is 7.61. The molecule has 1 aromatic carbocycles. The van der Waals surface area contributed by atoms with Gasteiger partial charge in [-0.2, -0.15) is 0 Å². The number of aldehydes is 1. The molecule has 0 radical (unpaired) electrons. The van der Waals surface area contributed by atoms with Gasteiger partial charge in [0.1, 0.15) is 10.8 Å². The minimum absolute atomic E-state index is 0.143. The monoisotopic (exact) mass is 355 g/mol. The number of nitrogens with zero attached hydrogens (tertiary/aromatic N) is 3. The first-order valence-electron chi connectivity index (χ1n) is 7.96. The molecule has 0 amide bonds. The molecule has 3 rings (SSSR count). The molecule has 0 aliphatic heterocycles. The van der Waals surface area contributed by atoms with Gasteiger partial charge in [-0.25, -0.2) is 9.37 Å². The molecule has 0 N–H and O–H groups in total. The molecule has 0 unspecified atom stereocenters. The van der Waals surface area contributed by atoms with Gasteiger partial charge in [-0.05, 0) is 35.7 Å². The summed E-state index contributed by atoms with van der Waals surface area (Å²) in [6.07, 6.45) is 4.23. The molecule has 0 aliphatic rings. The fraction of sp³-hybridized carbons (Fsp3) is 0.211. The highest BCUT2D eigenvalue weighted by Crippen LogP contribution is 2.35. The zero-order valence-electron chi connectivity index (χ0n) is 14.0. The molecule has 0 aliphatic carbocycles. The van der Waals surface area contributed by atoms with Crippen molar-refractivity contribution in [3.8, 4) is 0 Å². The molecule has 3 aromatic rings. The molecule has 0 atom stereocenters. The normalized spacial score (nSPS) is 11.0. The lowest BCUT2D eigenvalue weighted by Crippen LogP contribution is -2.06. The van der Waals surface area contributed by atoms with Gasteiger partial charge >= 0.3 is 0 Å². The summed E-state index contributed by atoms with van der Waals surface area (Å²) >= 11 is 1.42. The minimum Gasteiger partial charge on any atom is -0.312 e. The van der Waals surface area contributed by atoms with Crippen LogP contribution in [-0.4, -0.2) is 20.8 Å². The number of benzene rings is 1.